The zero-order chi connectivity index (χ0) is 14.2. The van der Waals surface area contributed by atoms with Crippen molar-refractivity contribution in [3.8, 4) is 0 Å². The van der Waals surface area contributed by atoms with Crippen molar-refractivity contribution in [2.45, 2.75) is 19.9 Å². The molecule has 0 saturated carbocycles. The lowest BCUT2D eigenvalue weighted by molar-refractivity contribution is -0.131. The summed E-state index contributed by atoms with van der Waals surface area (Å²) in [6.07, 6.45) is 0. The highest BCUT2D eigenvalue weighted by Crippen LogP contribution is 2.28. The zero-order valence-corrected chi connectivity index (χ0v) is 11.4. The first-order chi connectivity index (χ1) is 8.91. The van der Waals surface area contributed by atoms with Gasteiger partial charge in [-0.15, -0.1) is 0 Å². The van der Waals surface area contributed by atoms with E-state index in [0.29, 0.717) is 5.02 Å². The Morgan fingerprint density at radius 1 is 1.42 bits per heavy atom. The third kappa shape index (κ3) is 2.56. The first-order valence-corrected chi connectivity index (χ1v) is 6.34. The van der Waals surface area contributed by atoms with Gasteiger partial charge >= 0.3 is 0 Å². The molecule has 1 aromatic rings. The average molecular weight is 285 g/mol. The van der Waals surface area contributed by atoms with Crippen LogP contribution in [-0.2, 0) is 9.59 Å². The van der Waals surface area contributed by atoms with Gasteiger partial charge in [-0.05, 0) is 24.1 Å². The maximum atomic E-state index is 13.9. The van der Waals surface area contributed by atoms with E-state index in [9.17, 15) is 14.0 Å². The number of benzene rings is 1. The predicted octanol–water partition coefficient (Wildman–Crippen LogP) is 1.97. The van der Waals surface area contributed by atoms with Crippen LogP contribution in [0.3, 0.4) is 0 Å². The average Bonchev–Trinajstić information content (AvgIpc) is 2.34. The molecule has 0 aliphatic carbocycles. The summed E-state index contributed by atoms with van der Waals surface area (Å²) < 4.78 is 13.9. The fourth-order valence-electron chi connectivity index (χ4n) is 2.18. The molecular weight excluding hydrogens is 271 g/mol. The number of anilines is 1. The molecule has 1 aliphatic rings. The molecule has 1 unspecified atom stereocenters. The molecule has 1 atom stereocenters. The van der Waals surface area contributed by atoms with Crippen LogP contribution in [0.4, 0.5) is 10.1 Å². The van der Waals surface area contributed by atoms with Gasteiger partial charge in [0.2, 0.25) is 11.8 Å². The number of halogens is 2. The van der Waals surface area contributed by atoms with Gasteiger partial charge in [0, 0.05) is 5.02 Å². The minimum atomic E-state index is -0.728. The van der Waals surface area contributed by atoms with Gasteiger partial charge in [-0.1, -0.05) is 25.4 Å². The van der Waals surface area contributed by atoms with E-state index in [1.807, 2.05) is 0 Å². The second-order valence-electron chi connectivity index (χ2n) is 4.77. The maximum Gasteiger partial charge on any atom is 0.247 e. The lowest BCUT2D eigenvalue weighted by atomic mass is 9.98. The first-order valence-electron chi connectivity index (χ1n) is 5.96. The number of carbonyl (C=O) groups excluding carboxylic acids is 2. The maximum absolute atomic E-state index is 13.9. The standard InChI is InChI=1S/C13H14ClFN2O2/c1-7(2)12-13(19)16-6-11(18)17(12)10-5-8(14)3-4-9(10)15/h3-5,7,12H,6H2,1-2H3,(H,16,19). The number of carbonyl (C=O) groups is 2. The van der Waals surface area contributed by atoms with Crippen molar-refractivity contribution in [3.05, 3.63) is 29.0 Å². The lowest BCUT2D eigenvalue weighted by Crippen LogP contribution is -2.60. The molecule has 2 rings (SSSR count). The summed E-state index contributed by atoms with van der Waals surface area (Å²) >= 11 is 5.84. The molecule has 0 bridgehead atoms. The van der Waals surface area contributed by atoms with Crippen molar-refractivity contribution in [1.29, 1.82) is 0 Å². The molecule has 0 spiro atoms. The van der Waals surface area contributed by atoms with Crippen LogP contribution in [0.25, 0.3) is 0 Å². The molecule has 1 fully saturated rings. The van der Waals surface area contributed by atoms with E-state index in [4.69, 9.17) is 11.6 Å². The normalized spacial score (nSPS) is 19.8. The van der Waals surface area contributed by atoms with Gasteiger partial charge in [0.1, 0.15) is 11.9 Å². The second-order valence-corrected chi connectivity index (χ2v) is 5.20. The Balaban J connectivity index is 2.51. The Bertz CT molecular complexity index is 533. The van der Waals surface area contributed by atoms with E-state index in [1.54, 1.807) is 13.8 Å². The van der Waals surface area contributed by atoms with Gasteiger partial charge < -0.3 is 5.32 Å². The first kappa shape index (κ1) is 13.8. The number of nitrogens with zero attached hydrogens (tertiary/aromatic N) is 1. The van der Waals surface area contributed by atoms with Crippen molar-refractivity contribution >= 4 is 29.1 Å². The highest BCUT2D eigenvalue weighted by Gasteiger charge is 2.38. The van der Waals surface area contributed by atoms with E-state index in [2.05, 4.69) is 5.32 Å². The Morgan fingerprint density at radius 3 is 2.74 bits per heavy atom. The fourth-order valence-corrected chi connectivity index (χ4v) is 2.35. The number of piperazine rings is 1. The van der Waals surface area contributed by atoms with Crippen molar-refractivity contribution in [2.75, 3.05) is 11.4 Å². The summed E-state index contributed by atoms with van der Waals surface area (Å²) in [7, 11) is 0. The van der Waals surface area contributed by atoms with E-state index < -0.39 is 11.9 Å². The van der Waals surface area contributed by atoms with E-state index in [1.165, 1.54) is 23.1 Å². The monoisotopic (exact) mass is 284 g/mol. The second kappa shape index (κ2) is 5.17. The Labute approximate surface area is 115 Å². The van der Waals surface area contributed by atoms with Crippen LogP contribution in [0, 0.1) is 11.7 Å². The van der Waals surface area contributed by atoms with E-state index in [0.717, 1.165) is 0 Å². The van der Waals surface area contributed by atoms with Crippen molar-refractivity contribution in [3.63, 3.8) is 0 Å². The predicted molar refractivity (Wildman–Crippen MR) is 70.5 cm³/mol. The molecular formula is C13H14ClFN2O2. The smallest absolute Gasteiger partial charge is 0.247 e. The van der Waals surface area contributed by atoms with Gasteiger partial charge in [0.25, 0.3) is 0 Å². The van der Waals surface area contributed by atoms with Gasteiger partial charge in [0.15, 0.2) is 0 Å². The minimum absolute atomic E-state index is 0.0473. The van der Waals surface area contributed by atoms with Crippen LogP contribution in [-0.4, -0.2) is 24.4 Å². The third-order valence-electron chi connectivity index (χ3n) is 3.03. The molecule has 1 N–H and O–H groups in total. The van der Waals surface area contributed by atoms with Crippen LogP contribution < -0.4 is 10.2 Å². The lowest BCUT2D eigenvalue weighted by Gasteiger charge is -2.37. The summed E-state index contributed by atoms with van der Waals surface area (Å²) in [6, 6.07) is 3.23. The third-order valence-corrected chi connectivity index (χ3v) is 3.26. The van der Waals surface area contributed by atoms with Crippen molar-refractivity contribution in [1.82, 2.24) is 5.32 Å². The summed E-state index contributed by atoms with van der Waals surface area (Å²) in [4.78, 5) is 25.1. The number of amides is 2. The van der Waals surface area contributed by atoms with Gasteiger partial charge in [0.05, 0.1) is 12.2 Å². The van der Waals surface area contributed by atoms with Gasteiger partial charge in [-0.2, -0.15) is 0 Å². The quantitative estimate of drug-likeness (QED) is 0.903. The molecule has 1 saturated heterocycles. The van der Waals surface area contributed by atoms with Crippen LogP contribution in [0.1, 0.15) is 13.8 Å². The highest BCUT2D eigenvalue weighted by molar-refractivity contribution is 6.31. The minimum Gasteiger partial charge on any atom is -0.345 e. The fraction of sp³-hybridized carbons (Fsp3) is 0.385. The van der Waals surface area contributed by atoms with Crippen LogP contribution in [0.2, 0.25) is 5.02 Å². The van der Waals surface area contributed by atoms with Crippen LogP contribution >= 0.6 is 11.6 Å². The molecule has 1 heterocycles. The number of hydrogen-bond donors (Lipinski definition) is 1. The summed E-state index contributed by atoms with van der Waals surface area (Å²) in [5.41, 5.74) is 0.0473. The van der Waals surface area contributed by atoms with Crippen molar-refractivity contribution in [2.24, 2.45) is 5.92 Å². The summed E-state index contributed by atoms with van der Waals surface area (Å²) in [6.45, 7) is 3.48. The summed E-state index contributed by atoms with van der Waals surface area (Å²) in [5.74, 6) is -1.34. The molecule has 2 amide bonds. The zero-order valence-electron chi connectivity index (χ0n) is 10.6. The van der Waals surface area contributed by atoms with Crippen molar-refractivity contribution < 1.29 is 14.0 Å². The highest BCUT2D eigenvalue weighted by atomic mass is 35.5. The largest absolute Gasteiger partial charge is 0.345 e. The summed E-state index contributed by atoms with van der Waals surface area (Å²) in [5, 5.41) is 2.83. The van der Waals surface area contributed by atoms with E-state index in [-0.39, 0.29) is 30.0 Å². The molecule has 0 radical (unpaired) electrons. The molecule has 19 heavy (non-hydrogen) atoms. The Morgan fingerprint density at radius 2 is 2.11 bits per heavy atom. The topological polar surface area (TPSA) is 49.4 Å². The SMILES string of the molecule is CC(C)C1C(=O)NCC(=O)N1c1cc(Cl)ccc1F. The van der Waals surface area contributed by atoms with E-state index >= 15 is 0 Å². The van der Waals surface area contributed by atoms with Crippen LogP contribution in [0.15, 0.2) is 18.2 Å². The number of rotatable bonds is 2. The molecule has 1 aromatic carbocycles. The molecule has 4 nitrogen and oxygen atoms in total. The molecule has 6 heteroatoms. The number of nitrogens with one attached hydrogen (secondary N) is 1. The van der Waals surface area contributed by atoms with Gasteiger partial charge in [-0.25, -0.2) is 4.39 Å². The molecule has 0 aromatic heterocycles. The molecule has 102 valence electrons. The number of hydrogen-bond acceptors (Lipinski definition) is 2. The Kier molecular flexibility index (Phi) is 3.75. The molecule has 1 aliphatic heterocycles. The van der Waals surface area contributed by atoms with Crippen LogP contribution in [0.5, 0.6) is 0 Å². The van der Waals surface area contributed by atoms with Gasteiger partial charge in [-0.3, -0.25) is 14.5 Å². The Hall–Kier alpha value is -1.62.